The molecule has 2 aromatic rings. The predicted molar refractivity (Wildman–Crippen MR) is 112 cm³/mol. The first kappa shape index (κ1) is 21.3. The Morgan fingerprint density at radius 3 is 2.50 bits per heavy atom. The number of nitrogens with zero attached hydrogens (tertiary/aromatic N) is 1. The van der Waals surface area contributed by atoms with Crippen LogP contribution in [0.15, 0.2) is 53.6 Å². The highest BCUT2D eigenvalue weighted by Gasteiger charge is 1.99. The van der Waals surface area contributed by atoms with Crippen LogP contribution in [0.3, 0.4) is 0 Å². The van der Waals surface area contributed by atoms with Crippen LogP contribution in [-0.4, -0.2) is 25.5 Å². The SMILES string of the molecule is CCCCCCc1ccc(OCCOc2cccc(C=NNC(N)=O)c2)cc1. The van der Waals surface area contributed by atoms with E-state index in [1.54, 1.807) is 0 Å². The number of hydrogen-bond acceptors (Lipinski definition) is 4. The lowest BCUT2D eigenvalue weighted by Gasteiger charge is -2.09. The quantitative estimate of drug-likeness (QED) is 0.326. The highest BCUT2D eigenvalue weighted by Crippen LogP contribution is 2.15. The summed E-state index contributed by atoms with van der Waals surface area (Å²) < 4.78 is 11.4. The molecule has 0 aliphatic carbocycles. The van der Waals surface area contributed by atoms with Gasteiger partial charge in [0.05, 0.1) is 6.21 Å². The molecule has 6 heteroatoms. The maximum Gasteiger partial charge on any atom is 0.332 e. The number of rotatable bonds is 12. The zero-order chi connectivity index (χ0) is 20.0. The van der Waals surface area contributed by atoms with Crippen molar-refractivity contribution in [2.75, 3.05) is 13.2 Å². The highest BCUT2D eigenvalue weighted by molar-refractivity contribution is 5.81. The molecule has 0 heterocycles. The van der Waals surface area contributed by atoms with Crippen LogP contribution in [0.4, 0.5) is 4.79 Å². The van der Waals surface area contributed by atoms with E-state index in [-0.39, 0.29) is 0 Å². The van der Waals surface area contributed by atoms with Crippen molar-refractivity contribution in [3.63, 3.8) is 0 Å². The van der Waals surface area contributed by atoms with E-state index < -0.39 is 6.03 Å². The van der Waals surface area contributed by atoms with Crippen LogP contribution in [0, 0.1) is 0 Å². The second kappa shape index (κ2) is 12.4. The lowest BCUT2D eigenvalue weighted by molar-refractivity contribution is 0.217. The number of nitrogens with one attached hydrogen (secondary N) is 1. The number of hydrazone groups is 1. The van der Waals surface area contributed by atoms with Crippen LogP contribution in [-0.2, 0) is 6.42 Å². The highest BCUT2D eigenvalue weighted by atomic mass is 16.5. The van der Waals surface area contributed by atoms with Crippen LogP contribution >= 0.6 is 0 Å². The third-order valence-electron chi connectivity index (χ3n) is 4.11. The number of primary amides is 1. The Balaban J connectivity index is 1.69. The maximum absolute atomic E-state index is 10.6. The van der Waals surface area contributed by atoms with Crippen molar-refractivity contribution in [2.45, 2.75) is 39.0 Å². The molecular weight excluding hydrogens is 354 g/mol. The fraction of sp³-hybridized carbons (Fsp3) is 0.364. The Labute approximate surface area is 166 Å². The molecule has 0 spiro atoms. The van der Waals surface area contributed by atoms with E-state index in [0.29, 0.717) is 19.0 Å². The zero-order valence-corrected chi connectivity index (χ0v) is 16.4. The number of unbranched alkanes of at least 4 members (excludes halogenated alkanes) is 3. The van der Waals surface area contributed by atoms with Gasteiger partial charge in [-0.1, -0.05) is 50.5 Å². The summed E-state index contributed by atoms with van der Waals surface area (Å²) in [7, 11) is 0. The molecule has 0 aliphatic heterocycles. The number of ether oxygens (including phenoxy) is 2. The molecule has 0 saturated carbocycles. The Morgan fingerprint density at radius 1 is 1.04 bits per heavy atom. The molecule has 6 nitrogen and oxygen atoms in total. The minimum absolute atomic E-state index is 0.429. The minimum Gasteiger partial charge on any atom is -0.490 e. The molecule has 0 fully saturated rings. The molecule has 0 saturated heterocycles. The molecule has 0 aliphatic rings. The van der Waals surface area contributed by atoms with Crippen molar-refractivity contribution in [2.24, 2.45) is 10.8 Å². The van der Waals surface area contributed by atoms with Gasteiger partial charge in [-0.05, 0) is 48.2 Å². The van der Waals surface area contributed by atoms with E-state index in [0.717, 1.165) is 17.7 Å². The van der Waals surface area contributed by atoms with Crippen molar-refractivity contribution in [1.29, 1.82) is 0 Å². The average molecular weight is 383 g/mol. The van der Waals surface area contributed by atoms with E-state index in [9.17, 15) is 4.79 Å². The smallest absolute Gasteiger partial charge is 0.332 e. The number of carbonyl (C=O) groups excluding carboxylic acids is 1. The lowest BCUT2D eigenvalue weighted by Crippen LogP contribution is -2.24. The first-order valence-corrected chi connectivity index (χ1v) is 9.70. The van der Waals surface area contributed by atoms with Crippen molar-refractivity contribution in [3.05, 3.63) is 59.7 Å². The first-order chi connectivity index (χ1) is 13.7. The Bertz CT molecular complexity index is 745. The fourth-order valence-corrected chi connectivity index (χ4v) is 2.68. The molecule has 2 amide bonds. The van der Waals surface area contributed by atoms with Crippen molar-refractivity contribution in [3.8, 4) is 11.5 Å². The van der Waals surface area contributed by atoms with Gasteiger partial charge in [-0.3, -0.25) is 0 Å². The first-order valence-electron chi connectivity index (χ1n) is 9.70. The number of urea groups is 1. The van der Waals surface area contributed by atoms with Gasteiger partial charge in [0.1, 0.15) is 24.7 Å². The largest absolute Gasteiger partial charge is 0.490 e. The third kappa shape index (κ3) is 8.58. The van der Waals surface area contributed by atoms with Gasteiger partial charge < -0.3 is 15.2 Å². The summed E-state index contributed by atoms with van der Waals surface area (Å²) in [6.45, 7) is 3.11. The van der Waals surface area contributed by atoms with Gasteiger partial charge in [-0.25, -0.2) is 10.2 Å². The molecule has 0 radical (unpaired) electrons. The van der Waals surface area contributed by atoms with Gasteiger partial charge in [-0.15, -0.1) is 0 Å². The molecular formula is C22H29N3O3. The van der Waals surface area contributed by atoms with E-state index in [1.807, 2.05) is 36.4 Å². The zero-order valence-electron chi connectivity index (χ0n) is 16.4. The fourth-order valence-electron chi connectivity index (χ4n) is 2.68. The van der Waals surface area contributed by atoms with Gasteiger partial charge >= 0.3 is 6.03 Å². The van der Waals surface area contributed by atoms with E-state index in [2.05, 4.69) is 29.6 Å². The van der Waals surface area contributed by atoms with Crippen molar-refractivity contribution < 1.29 is 14.3 Å². The van der Waals surface area contributed by atoms with Crippen molar-refractivity contribution >= 4 is 12.2 Å². The molecule has 2 rings (SSSR count). The molecule has 0 unspecified atom stereocenters. The predicted octanol–water partition coefficient (Wildman–Crippen LogP) is 4.27. The number of hydrogen-bond donors (Lipinski definition) is 2. The second-order valence-electron chi connectivity index (χ2n) is 6.46. The van der Waals surface area contributed by atoms with E-state index >= 15 is 0 Å². The maximum atomic E-state index is 10.6. The number of amides is 2. The molecule has 28 heavy (non-hydrogen) atoms. The van der Waals surface area contributed by atoms with Crippen molar-refractivity contribution in [1.82, 2.24) is 5.43 Å². The van der Waals surface area contributed by atoms with Crippen LogP contribution in [0.1, 0.15) is 43.7 Å². The lowest BCUT2D eigenvalue weighted by atomic mass is 10.1. The minimum atomic E-state index is -0.703. The third-order valence-corrected chi connectivity index (χ3v) is 4.11. The van der Waals surface area contributed by atoms with Gasteiger partial charge in [0.25, 0.3) is 0 Å². The Hall–Kier alpha value is -3.02. The second-order valence-corrected chi connectivity index (χ2v) is 6.46. The Kier molecular flexibility index (Phi) is 9.41. The van der Waals surface area contributed by atoms with Crippen LogP contribution in [0.25, 0.3) is 0 Å². The number of aryl methyl sites for hydroxylation is 1. The molecule has 3 N–H and O–H groups in total. The standard InChI is InChI=1S/C22H29N3O3/c1-2-3-4-5-7-18-10-12-20(13-11-18)27-14-15-28-21-9-6-8-19(16-21)17-24-25-22(23)26/h6,8-13,16-17H,2-5,7,14-15H2,1H3,(H3,23,25,26). The summed E-state index contributed by atoms with van der Waals surface area (Å²) in [5.41, 5.74) is 9.25. The average Bonchev–Trinajstić information content (AvgIpc) is 2.70. The van der Waals surface area contributed by atoms with E-state index in [4.69, 9.17) is 15.2 Å². The topological polar surface area (TPSA) is 85.9 Å². The van der Waals surface area contributed by atoms with Crippen LogP contribution in [0.5, 0.6) is 11.5 Å². The summed E-state index contributed by atoms with van der Waals surface area (Å²) >= 11 is 0. The summed E-state index contributed by atoms with van der Waals surface area (Å²) in [6, 6.07) is 14.9. The summed E-state index contributed by atoms with van der Waals surface area (Å²) in [6.07, 6.45) is 7.72. The number of nitrogens with two attached hydrogens (primary N) is 1. The molecule has 150 valence electrons. The number of carbonyl (C=O) groups is 1. The van der Waals surface area contributed by atoms with Gasteiger partial charge in [0.2, 0.25) is 0 Å². The van der Waals surface area contributed by atoms with Gasteiger partial charge in [-0.2, -0.15) is 5.10 Å². The summed E-state index contributed by atoms with van der Waals surface area (Å²) in [4.78, 5) is 10.6. The molecule has 2 aromatic carbocycles. The van der Waals surface area contributed by atoms with Crippen LogP contribution < -0.4 is 20.6 Å². The van der Waals surface area contributed by atoms with Crippen LogP contribution in [0.2, 0.25) is 0 Å². The number of benzene rings is 2. The summed E-state index contributed by atoms with van der Waals surface area (Å²) in [5.74, 6) is 1.55. The molecule has 0 atom stereocenters. The Morgan fingerprint density at radius 2 is 1.79 bits per heavy atom. The normalized spacial score (nSPS) is 10.8. The molecule has 0 aromatic heterocycles. The van der Waals surface area contributed by atoms with Gasteiger partial charge in [0, 0.05) is 0 Å². The summed E-state index contributed by atoms with van der Waals surface area (Å²) in [5, 5.41) is 3.72. The molecule has 0 bridgehead atoms. The van der Waals surface area contributed by atoms with E-state index in [1.165, 1.54) is 37.5 Å². The monoisotopic (exact) mass is 383 g/mol. The van der Waals surface area contributed by atoms with Gasteiger partial charge in [0.15, 0.2) is 0 Å².